The predicted molar refractivity (Wildman–Crippen MR) is 136 cm³/mol. The third kappa shape index (κ3) is 4.26. The van der Waals surface area contributed by atoms with Crippen LogP contribution < -0.4 is 0 Å². The molecular formula is C24H21BrCl2N4S. The number of aromatic nitrogens is 4. The molecule has 0 bridgehead atoms. The SMILES string of the molecule is Cc1c(-c2nnc(C3CCCCC3)s2)nc(-c2ccc(Cl)cc2Cl)n1-c1ccc(Br)cc1. The fourth-order valence-electron chi connectivity index (χ4n) is 4.31. The van der Waals surface area contributed by atoms with Crippen LogP contribution in [0.4, 0.5) is 0 Å². The van der Waals surface area contributed by atoms with E-state index in [2.05, 4.69) is 49.8 Å². The third-order valence-electron chi connectivity index (χ3n) is 5.96. The van der Waals surface area contributed by atoms with E-state index in [1.807, 2.05) is 24.3 Å². The first kappa shape index (κ1) is 22.1. The molecule has 1 fully saturated rings. The molecule has 8 heteroatoms. The second-order valence-corrected chi connectivity index (χ2v) is 10.9. The molecule has 32 heavy (non-hydrogen) atoms. The molecule has 0 radical (unpaired) electrons. The minimum atomic E-state index is 0.522. The Morgan fingerprint density at radius 3 is 2.47 bits per heavy atom. The van der Waals surface area contributed by atoms with Crippen LogP contribution in [-0.4, -0.2) is 19.7 Å². The van der Waals surface area contributed by atoms with E-state index in [0.717, 1.165) is 43.0 Å². The van der Waals surface area contributed by atoms with Crippen molar-refractivity contribution in [3.8, 4) is 27.8 Å². The van der Waals surface area contributed by atoms with Crippen LogP contribution in [0.25, 0.3) is 27.8 Å². The second kappa shape index (κ2) is 9.26. The minimum absolute atomic E-state index is 0.522. The Bertz CT molecular complexity index is 1260. The van der Waals surface area contributed by atoms with E-state index in [1.165, 1.54) is 32.1 Å². The first-order valence-electron chi connectivity index (χ1n) is 10.7. The highest BCUT2D eigenvalue weighted by Crippen LogP contribution is 2.39. The molecule has 5 rings (SSSR count). The Morgan fingerprint density at radius 2 is 1.75 bits per heavy atom. The maximum Gasteiger partial charge on any atom is 0.168 e. The van der Waals surface area contributed by atoms with Crippen molar-refractivity contribution in [2.24, 2.45) is 0 Å². The molecule has 0 spiro atoms. The maximum absolute atomic E-state index is 6.59. The lowest BCUT2D eigenvalue weighted by molar-refractivity contribution is 0.440. The van der Waals surface area contributed by atoms with Crippen LogP contribution in [0.5, 0.6) is 0 Å². The van der Waals surface area contributed by atoms with Gasteiger partial charge in [0.2, 0.25) is 0 Å². The Hall–Kier alpha value is -1.73. The van der Waals surface area contributed by atoms with Gasteiger partial charge in [0, 0.05) is 26.7 Å². The fraction of sp³-hybridized carbons (Fsp3) is 0.292. The number of imidazole rings is 1. The molecule has 0 amide bonds. The van der Waals surface area contributed by atoms with Gasteiger partial charge in [-0.05, 0) is 62.2 Å². The lowest BCUT2D eigenvalue weighted by atomic mass is 9.90. The van der Waals surface area contributed by atoms with E-state index < -0.39 is 0 Å². The molecule has 0 atom stereocenters. The van der Waals surface area contributed by atoms with Crippen LogP contribution in [0.15, 0.2) is 46.9 Å². The largest absolute Gasteiger partial charge is 0.296 e. The highest BCUT2D eigenvalue weighted by atomic mass is 79.9. The topological polar surface area (TPSA) is 43.6 Å². The van der Waals surface area contributed by atoms with Gasteiger partial charge >= 0.3 is 0 Å². The predicted octanol–water partition coefficient (Wildman–Crippen LogP) is 8.48. The molecule has 0 saturated heterocycles. The van der Waals surface area contributed by atoms with Gasteiger partial charge in [0.25, 0.3) is 0 Å². The molecule has 1 aliphatic rings. The Balaban J connectivity index is 1.64. The van der Waals surface area contributed by atoms with Crippen molar-refractivity contribution in [2.45, 2.75) is 44.9 Å². The van der Waals surface area contributed by atoms with Crippen LogP contribution >= 0.6 is 50.5 Å². The molecule has 2 aromatic carbocycles. The Labute approximate surface area is 209 Å². The molecule has 2 heterocycles. The lowest BCUT2D eigenvalue weighted by Gasteiger charge is -2.18. The summed E-state index contributed by atoms with van der Waals surface area (Å²) in [6, 6.07) is 13.7. The zero-order valence-electron chi connectivity index (χ0n) is 17.5. The molecule has 4 nitrogen and oxygen atoms in total. The van der Waals surface area contributed by atoms with Gasteiger partial charge in [-0.1, -0.05) is 69.7 Å². The quantitative estimate of drug-likeness (QED) is 0.257. The van der Waals surface area contributed by atoms with Crippen LogP contribution in [0.2, 0.25) is 10.0 Å². The van der Waals surface area contributed by atoms with E-state index in [1.54, 1.807) is 17.4 Å². The first-order valence-corrected chi connectivity index (χ1v) is 13.0. The van der Waals surface area contributed by atoms with Crippen LogP contribution in [-0.2, 0) is 0 Å². The standard InChI is InChI=1S/C24H21BrCl2N4S/c1-14-21(24-30-29-23(32-24)15-5-3-2-4-6-15)28-22(19-12-9-17(26)13-20(19)27)31(14)18-10-7-16(25)8-11-18/h7-13,15H,2-6H2,1H3. The molecule has 1 saturated carbocycles. The van der Waals surface area contributed by atoms with Crippen LogP contribution in [0, 0.1) is 6.92 Å². The molecule has 1 aliphatic carbocycles. The molecule has 2 aromatic heterocycles. The maximum atomic E-state index is 6.59. The molecule has 164 valence electrons. The van der Waals surface area contributed by atoms with Crippen molar-refractivity contribution in [2.75, 3.05) is 0 Å². The number of halogens is 3. The summed E-state index contributed by atoms with van der Waals surface area (Å²) in [5, 5.41) is 12.2. The van der Waals surface area contributed by atoms with E-state index in [9.17, 15) is 0 Å². The van der Waals surface area contributed by atoms with Crippen molar-refractivity contribution in [3.05, 3.63) is 67.7 Å². The van der Waals surface area contributed by atoms with E-state index in [0.29, 0.717) is 16.0 Å². The van der Waals surface area contributed by atoms with E-state index in [4.69, 9.17) is 28.2 Å². The van der Waals surface area contributed by atoms with Crippen molar-refractivity contribution < 1.29 is 0 Å². The summed E-state index contributed by atoms with van der Waals surface area (Å²) < 4.78 is 3.14. The van der Waals surface area contributed by atoms with Gasteiger partial charge in [-0.15, -0.1) is 10.2 Å². The van der Waals surface area contributed by atoms with Crippen molar-refractivity contribution in [1.82, 2.24) is 19.7 Å². The van der Waals surface area contributed by atoms with Crippen LogP contribution in [0.1, 0.15) is 48.7 Å². The van der Waals surface area contributed by atoms with Crippen LogP contribution in [0.3, 0.4) is 0 Å². The van der Waals surface area contributed by atoms with Gasteiger partial charge in [-0.25, -0.2) is 4.98 Å². The Morgan fingerprint density at radius 1 is 1.00 bits per heavy atom. The molecule has 0 unspecified atom stereocenters. The second-order valence-electron chi connectivity index (χ2n) is 8.09. The zero-order chi connectivity index (χ0) is 22.2. The summed E-state index contributed by atoms with van der Waals surface area (Å²) in [5.74, 6) is 1.28. The summed E-state index contributed by atoms with van der Waals surface area (Å²) in [5.41, 5.74) is 3.67. The number of hydrogen-bond acceptors (Lipinski definition) is 4. The third-order valence-corrected chi connectivity index (χ3v) is 8.13. The summed E-state index contributed by atoms with van der Waals surface area (Å²) in [7, 11) is 0. The zero-order valence-corrected chi connectivity index (χ0v) is 21.4. The summed E-state index contributed by atoms with van der Waals surface area (Å²) in [4.78, 5) is 5.03. The average molecular weight is 548 g/mol. The molecular weight excluding hydrogens is 527 g/mol. The first-order chi connectivity index (χ1) is 15.5. The molecule has 0 aliphatic heterocycles. The fourth-order valence-corrected chi connectivity index (χ4v) is 6.12. The van der Waals surface area contributed by atoms with Gasteiger partial charge in [-0.3, -0.25) is 4.57 Å². The average Bonchev–Trinajstić information content (AvgIpc) is 3.40. The summed E-state index contributed by atoms with van der Waals surface area (Å²) in [6.07, 6.45) is 6.27. The molecule has 4 aromatic rings. The molecule has 0 N–H and O–H groups in total. The highest BCUT2D eigenvalue weighted by molar-refractivity contribution is 9.10. The van der Waals surface area contributed by atoms with E-state index >= 15 is 0 Å². The van der Waals surface area contributed by atoms with Gasteiger partial charge < -0.3 is 0 Å². The monoisotopic (exact) mass is 546 g/mol. The smallest absolute Gasteiger partial charge is 0.168 e. The van der Waals surface area contributed by atoms with E-state index in [-0.39, 0.29) is 0 Å². The number of hydrogen-bond donors (Lipinski definition) is 0. The minimum Gasteiger partial charge on any atom is -0.296 e. The van der Waals surface area contributed by atoms with Crippen molar-refractivity contribution >= 4 is 50.5 Å². The van der Waals surface area contributed by atoms with Gasteiger partial charge in [-0.2, -0.15) is 0 Å². The van der Waals surface area contributed by atoms with Crippen molar-refractivity contribution in [3.63, 3.8) is 0 Å². The van der Waals surface area contributed by atoms with Crippen molar-refractivity contribution in [1.29, 1.82) is 0 Å². The highest BCUT2D eigenvalue weighted by Gasteiger charge is 2.25. The van der Waals surface area contributed by atoms with Gasteiger partial charge in [0.1, 0.15) is 16.5 Å². The summed E-state index contributed by atoms with van der Waals surface area (Å²) >= 11 is 17.9. The number of benzene rings is 2. The van der Waals surface area contributed by atoms with Gasteiger partial charge in [0.05, 0.1) is 10.7 Å². The normalized spacial score (nSPS) is 14.8. The van der Waals surface area contributed by atoms with Gasteiger partial charge in [0.15, 0.2) is 5.01 Å². The number of rotatable bonds is 4. The lowest BCUT2D eigenvalue weighted by Crippen LogP contribution is -2.03. The summed E-state index contributed by atoms with van der Waals surface area (Å²) in [6.45, 7) is 2.07. The Kier molecular flexibility index (Phi) is 6.39. The number of nitrogens with zero attached hydrogens (tertiary/aromatic N) is 4.